The van der Waals surface area contributed by atoms with Gasteiger partial charge in [0.2, 0.25) is 5.95 Å². The zero-order valence-electron chi connectivity index (χ0n) is 22.4. The molecule has 0 aliphatic heterocycles. The molecule has 2 aromatic heterocycles. The summed E-state index contributed by atoms with van der Waals surface area (Å²) in [7, 11) is 1.28. The van der Waals surface area contributed by atoms with E-state index in [9.17, 15) is 32.6 Å². The number of ether oxygens (including phenoxy) is 1. The number of carbonyl (C=O) groups is 1. The van der Waals surface area contributed by atoms with Crippen molar-refractivity contribution >= 4 is 16.8 Å². The molecule has 1 amide bonds. The van der Waals surface area contributed by atoms with Gasteiger partial charge in [0, 0.05) is 27.6 Å². The van der Waals surface area contributed by atoms with Gasteiger partial charge >= 0.3 is 0 Å². The Morgan fingerprint density at radius 2 is 1.68 bits per heavy atom. The van der Waals surface area contributed by atoms with Crippen LogP contribution in [0.25, 0.3) is 22.2 Å². The average Bonchev–Trinajstić information content (AvgIpc) is 2.91. The second-order valence-electron chi connectivity index (χ2n) is 10.0. The first kappa shape index (κ1) is 29.8. The molecule has 0 spiro atoms. The molecule has 0 saturated carbocycles. The molecule has 0 aliphatic rings. The number of aromatic nitrogens is 2. The maximum atomic E-state index is 15.4. The number of halogens is 5. The molecule has 2 aromatic carbocycles. The van der Waals surface area contributed by atoms with Gasteiger partial charge in [0.1, 0.15) is 22.8 Å². The summed E-state index contributed by atoms with van der Waals surface area (Å²) in [5.41, 5.74) is -6.46. The molecule has 0 unspecified atom stereocenters. The molecule has 7 nitrogen and oxygen atoms in total. The summed E-state index contributed by atoms with van der Waals surface area (Å²) in [4.78, 5) is 20.8. The van der Waals surface area contributed by atoms with Crippen LogP contribution in [-0.2, 0) is 11.2 Å². The van der Waals surface area contributed by atoms with E-state index >= 15 is 4.39 Å². The van der Waals surface area contributed by atoms with Crippen molar-refractivity contribution in [3.8, 4) is 17.0 Å². The number of fused-ring (bicyclic) bond motifs is 1. The molecule has 0 radical (unpaired) electrons. The van der Waals surface area contributed by atoms with Crippen LogP contribution < -0.4 is 10.1 Å². The first-order valence-corrected chi connectivity index (χ1v) is 12.3. The average molecular weight is 576 g/mol. The number of hydrogen-bond donors (Lipinski definition) is 3. The van der Waals surface area contributed by atoms with Gasteiger partial charge in [-0.1, -0.05) is 0 Å². The molecular formula is C29H26F5N3O4. The van der Waals surface area contributed by atoms with Crippen molar-refractivity contribution in [1.82, 2.24) is 15.3 Å². The zero-order chi connectivity index (χ0) is 30.3. The Bertz CT molecular complexity index is 1620. The van der Waals surface area contributed by atoms with Crippen molar-refractivity contribution in [3.63, 3.8) is 0 Å². The number of nitrogens with one attached hydrogen (secondary N) is 1. The number of aliphatic hydroxyl groups is 2. The number of benzene rings is 2. The number of rotatable bonds is 8. The third kappa shape index (κ3) is 5.84. The fourth-order valence-corrected chi connectivity index (χ4v) is 4.22. The Labute approximate surface area is 231 Å². The molecule has 3 N–H and O–H groups in total. The highest BCUT2D eigenvalue weighted by atomic mass is 19.3. The highest BCUT2D eigenvalue weighted by Gasteiger charge is 2.43. The smallest absolute Gasteiger partial charge is 0.274 e. The lowest BCUT2D eigenvalue weighted by molar-refractivity contribution is -0.101. The summed E-state index contributed by atoms with van der Waals surface area (Å²) < 4.78 is 77.0. The topological polar surface area (TPSA) is 105 Å². The summed E-state index contributed by atoms with van der Waals surface area (Å²) in [6.07, 6.45) is -3.53. The monoisotopic (exact) mass is 575 g/mol. The molecule has 0 saturated heterocycles. The van der Waals surface area contributed by atoms with Crippen LogP contribution in [0.4, 0.5) is 22.0 Å². The first-order valence-electron chi connectivity index (χ1n) is 12.3. The highest BCUT2D eigenvalue weighted by Crippen LogP contribution is 2.36. The van der Waals surface area contributed by atoms with Crippen LogP contribution in [0.2, 0.25) is 0 Å². The van der Waals surface area contributed by atoms with Crippen LogP contribution >= 0.6 is 0 Å². The van der Waals surface area contributed by atoms with Gasteiger partial charge in [-0.2, -0.15) is 4.39 Å². The predicted molar refractivity (Wildman–Crippen MR) is 140 cm³/mol. The Morgan fingerprint density at radius 1 is 1.02 bits per heavy atom. The van der Waals surface area contributed by atoms with E-state index in [0.29, 0.717) is 5.39 Å². The van der Waals surface area contributed by atoms with Crippen LogP contribution in [0.3, 0.4) is 0 Å². The third-order valence-corrected chi connectivity index (χ3v) is 6.55. The lowest BCUT2D eigenvalue weighted by Gasteiger charge is -2.30. The van der Waals surface area contributed by atoms with Gasteiger partial charge in [0.05, 0.1) is 24.9 Å². The molecule has 41 heavy (non-hydrogen) atoms. The molecule has 2 heterocycles. The van der Waals surface area contributed by atoms with E-state index in [4.69, 9.17) is 4.74 Å². The number of alkyl halides is 2. The lowest BCUT2D eigenvalue weighted by atomic mass is 9.90. The van der Waals surface area contributed by atoms with E-state index in [1.54, 1.807) is 0 Å². The van der Waals surface area contributed by atoms with Crippen molar-refractivity contribution in [1.29, 1.82) is 0 Å². The summed E-state index contributed by atoms with van der Waals surface area (Å²) in [6.45, 7) is 2.82. The number of nitrogens with zero attached hydrogens (tertiary/aromatic N) is 2. The van der Waals surface area contributed by atoms with Crippen molar-refractivity contribution in [2.45, 2.75) is 38.4 Å². The van der Waals surface area contributed by atoms with Gasteiger partial charge in [-0.25, -0.2) is 27.5 Å². The van der Waals surface area contributed by atoms with Crippen LogP contribution in [0.15, 0.2) is 48.5 Å². The molecule has 4 rings (SSSR count). The maximum Gasteiger partial charge on any atom is 0.274 e. The molecule has 1 atom stereocenters. The SMILES string of the molecule is COc1cc(C(=O)NC[C@@](O)(c2cc(C(C)(C)O)c(F)c(-c3ccc(F)cc3)n2)C(F)F)cc2cc(C)c(F)nc12. The molecular weight excluding hydrogens is 549 g/mol. The van der Waals surface area contributed by atoms with E-state index in [1.165, 1.54) is 46.1 Å². The quantitative estimate of drug-likeness (QED) is 0.199. The van der Waals surface area contributed by atoms with Gasteiger partial charge in [-0.3, -0.25) is 4.79 Å². The predicted octanol–water partition coefficient (Wildman–Crippen LogP) is 5.14. The van der Waals surface area contributed by atoms with Crippen LogP contribution in [-0.4, -0.2) is 46.2 Å². The van der Waals surface area contributed by atoms with Crippen molar-refractivity contribution in [2.24, 2.45) is 0 Å². The van der Waals surface area contributed by atoms with E-state index < -0.39 is 64.6 Å². The Morgan fingerprint density at radius 3 is 2.27 bits per heavy atom. The number of pyridine rings is 2. The molecule has 0 fully saturated rings. The third-order valence-electron chi connectivity index (χ3n) is 6.55. The molecule has 0 aliphatic carbocycles. The van der Waals surface area contributed by atoms with Gasteiger partial charge in [0.15, 0.2) is 11.4 Å². The number of carbonyl (C=O) groups excluding carboxylic acids is 1. The largest absolute Gasteiger partial charge is 0.494 e. The summed E-state index contributed by atoms with van der Waals surface area (Å²) in [6, 6.07) is 9.16. The molecule has 0 bridgehead atoms. The van der Waals surface area contributed by atoms with Crippen molar-refractivity contribution < 1.29 is 41.7 Å². The zero-order valence-corrected chi connectivity index (χ0v) is 22.4. The highest BCUT2D eigenvalue weighted by molar-refractivity contribution is 6.00. The van der Waals surface area contributed by atoms with Gasteiger partial charge in [-0.05, 0) is 69.3 Å². The normalized spacial score (nSPS) is 13.4. The van der Waals surface area contributed by atoms with Crippen LogP contribution in [0.1, 0.15) is 41.0 Å². The fourth-order valence-electron chi connectivity index (χ4n) is 4.22. The summed E-state index contributed by atoms with van der Waals surface area (Å²) in [5.74, 6) is -3.27. The molecule has 216 valence electrons. The maximum absolute atomic E-state index is 15.4. The Balaban J connectivity index is 1.75. The lowest BCUT2D eigenvalue weighted by Crippen LogP contribution is -2.47. The van der Waals surface area contributed by atoms with E-state index in [-0.39, 0.29) is 28.0 Å². The van der Waals surface area contributed by atoms with Gasteiger partial charge in [-0.15, -0.1) is 0 Å². The number of methoxy groups -OCH3 is 1. The Kier molecular flexibility index (Phi) is 8.01. The number of amides is 1. The van der Waals surface area contributed by atoms with Crippen LogP contribution in [0, 0.1) is 24.5 Å². The molecule has 4 aromatic rings. The molecule has 12 heteroatoms. The van der Waals surface area contributed by atoms with Crippen LogP contribution in [0.5, 0.6) is 5.75 Å². The van der Waals surface area contributed by atoms with Gasteiger partial charge < -0.3 is 20.3 Å². The Hall–Kier alpha value is -4.16. The second kappa shape index (κ2) is 11.0. The first-order chi connectivity index (χ1) is 19.1. The van der Waals surface area contributed by atoms with E-state index in [1.807, 2.05) is 0 Å². The minimum Gasteiger partial charge on any atom is -0.494 e. The standard InChI is InChI=1S/C29H26F5N3O4/c1-14-9-16-10-17(11-20(41-4)23(16)37-25(14)32)26(38)35-13-29(40,27(33)34)21-12-19(28(2,3)39)22(31)24(36-21)15-5-7-18(30)8-6-15/h5-12,27,39-40H,13H2,1-4H3,(H,35,38)/t29-/m1/s1. The fraction of sp³-hybridized carbons (Fsp3) is 0.276. The summed E-state index contributed by atoms with van der Waals surface area (Å²) in [5, 5.41) is 24.3. The minimum absolute atomic E-state index is 0.000463. The van der Waals surface area contributed by atoms with Crippen molar-refractivity contribution in [3.05, 3.63) is 88.5 Å². The van der Waals surface area contributed by atoms with Crippen molar-refractivity contribution in [2.75, 3.05) is 13.7 Å². The number of hydrogen-bond acceptors (Lipinski definition) is 6. The second-order valence-corrected chi connectivity index (χ2v) is 10.0. The summed E-state index contributed by atoms with van der Waals surface area (Å²) >= 11 is 0. The number of aryl methyl sites for hydroxylation is 1. The van der Waals surface area contributed by atoms with E-state index in [0.717, 1.165) is 30.3 Å². The minimum atomic E-state index is -3.53. The van der Waals surface area contributed by atoms with Gasteiger partial charge in [0.25, 0.3) is 12.3 Å². The van der Waals surface area contributed by atoms with E-state index in [2.05, 4.69) is 15.3 Å².